The second-order valence-electron chi connectivity index (χ2n) is 1.72. The van der Waals surface area contributed by atoms with E-state index in [0.717, 1.165) is 4.88 Å². The maximum absolute atomic E-state index is 8.70. The van der Waals surface area contributed by atoms with Gasteiger partial charge < -0.3 is 5.11 Å². The molecule has 1 aromatic rings. The molecule has 0 fully saturated rings. The van der Waals surface area contributed by atoms with Crippen molar-refractivity contribution in [3.8, 4) is 0 Å². The molecule has 0 aliphatic carbocycles. The van der Waals surface area contributed by atoms with Crippen molar-refractivity contribution in [3.05, 3.63) is 22.4 Å². The van der Waals surface area contributed by atoms with Crippen LogP contribution in [0.1, 0.15) is 4.88 Å². The summed E-state index contributed by atoms with van der Waals surface area (Å²) in [7, 11) is 0. The molecule has 1 rings (SSSR count). The highest BCUT2D eigenvalue weighted by molar-refractivity contribution is 7.09. The number of alkyl halides is 1. The molecular formula is C6H7ClOS. The first-order valence-corrected chi connectivity index (χ1v) is 3.95. The van der Waals surface area contributed by atoms with Crippen LogP contribution >= 0.6 is 22.9 Å². The molecule has 1 heterocycles. The monoisotopic (exact) mass is 162 g/mol. The molecule has 3 heteroatoms. The van der Waals surface area contributed by atoms with E-state index >= 15 is 0 Å². The van der Waals surface area contributed by atoms with Crippen LogP contribution in [-0.2, 0) is 6.42 Å². The van der Waals surface area contributed by atoms with E-state index in [2.05, 4.69) is 0 Å². The smallest absolute Gasteiger partial charge is 0.132 e. The normalized spacial score (nSPS) is 13.6. The molecule has 0 saturated carbocycles. The van der Waals surface area contributed by atoms with Gasteiger partial charge in [0.15, 0.2) is 0 Å². The van der Waals surface area contributed by atoms with Gasteiger partial charge in [0.1, 0.15) is 5.56 Å². The molecule has 1 aromatic heterocycles. The van der Waals surface area contributed by atoms with Gasteiger partial charge in [-0.3, -0.25) is 0 Å². The maximum atomic E-state index is 8.70. The number of hydrogen-bond acceptors (Lipinski definition) is 2. The lowest BCUT2D eigenvalue weighted by Gasteiger charge is -1.95. The zero-order valence-corrected chi connectivity index (χ0v) is 6.32. The van der Waals surface area contributed by atoms with Crippen molar-refractivity contribution in [2.24, 2.45) is 0 Å². The summed E-state index contributed by atoms with van der Waals surface area (Å²) < 4.78 is 0. The Balaban J connectivity index is 2.48. The Morgan fingerprint density at radius 3 is 3.00 bits per heavy atom. The van der Waals surface area contributed by atoms with E-state index in [-0.39, 0.29) is 0 Å². The summed E-state index contributed by atoms with van der Waals surface area (Å²) in [6, 6.07) is 3.90. The zero-order chi connectivity index (χ0) is 6.69. The van der Waals surface area contributed by atoms with Crippen LogP contribution in [0.15, 0.2) is 17.5 Å². The fraction of sp³-hybridized carbons (Fsp3) is 0.333. The minimum absolute atomic E-state index is 0.555. The molecule has 9 heavy (non-hydrogen) atoms. The van der Waals surface area contributed by atoms with Crippen LogP contribution in [0.25, 0.3) is 0 Å². The molecule has 1 atom stereocenters. The van der Waals surface area contributed by atoms with E-state index in [1.54, 1.807) is 11.3 Å². The standard InChI is InChI=1S/C6H7ClOS/c7-6(8)4-5-2-1-3-9-5/h1-3,6,8H,4H2. The summed E-state index contributed by atoms with van der Waals surface area (Å²) in [5, 5.41) is 10.7. The first-order valence-electron chi connectivity index (χ1n) is 2.63. The molecule has 0 saturated heterocycles. The topological polar surface area (TPSA) is 20.2 Å². The van der Waals surface area contributed by atoms with Gasteiger partial charge in [-0.15, -0.1) is 11.3 Å². The molecule has 0 aliphatic rings. The van der Waals surface area contributed by atoms with Gasteiger partial charge >= 0.3 is 0 Å². The van der Waals surface area contributed by atoms with E-state index in [0.29, 0.717) is 6.42 Å². The molecule has 0 spiro atoms. The van der Waals surface area contributed by atoms with Crippen molar-refractivity contribution in [2.45, 2.75) is 12.0 Å². The Kier molecular flexibility index (Phi) is 2.51. The first-order chi connectivity index (χ1) is 4.29. The summed E-state index contributed by atoms with van der Waals surface area (Å²) in [6.45, 7) is 0. The van der Waals surface area contributed by atoms with Crippen molar-refractivity contribution in [2.75, 3.05) is 0 Å². The number of aliphatic hydroxyl groups is 1. The van der Waals surface area contributed by atoms with Gasteiger partial charge in [-0.05, 0) is 11.4 Å². The van der Waals surface area contributed by atoms with Gasteiger partial charge in [-0.1, -0.05) is 17.7 Å². The van der Waals surface area contributed by atoms with E-state index in [1.807, 2.05) is 17.5 Å². The third-order valence-electron chi connectivity index (χ3n) is 0.950. The van der Waals surface area contributed by atoms with E-state index < -0.39 is 5.56 Å². The van der Waals surface area contributed by atoms with Gasteiger partial charge in [0.25, 0.3) is 0 Å². The van der Waals surface area contributed by atoms with Crippen LogP contribution in [0, 0.1) is 0 Å². The van der Waals surface area contributed by atoms with Crippen molar-refractivity contribution in [1.82, 2.24) is 0 Å². The highest BCUT2D eigenvalue weighted by Crippen LogP contribution is 2.11. The van der Waals surface area contributed by atoms with Crippen LogP contribution in [0.5, 0.6) is 0 Å². The summed E-state index contributed by atoms with van der Waals surface area (Å²) in [5.41, 5.74) is -0.733. The average molecular weight is 163 g/mol. The number of hydrogen-bond donors (Lipinski definition) is 1. The summed E-state index contributed by atoms with van der Waals surface area (Å²) in [6.07, 6.45) is 0.555. The minimum atomic E-state index is -0.733. The predicted molar refractivity (Wildman–Crippen MR) is 39.9 cm³/mol. The largest absolute Gasteiger partial charge is 0.377 e. The Bertz CT molecular complexity index is 160. The highest BCUT2D eigenvalue weighted by Gasteiger charge is 1.99. The average Bonchev–Trinajstić information content (AvgIpc) is 2.15. The lowest BCUT2D eigenvalue weighted by Crippen LogP contribution is -1.97. The van der Waals surface area contributed by atoms with Crippen LogP contribution in [0.4, 0.5) is 0 Å². The fourth-order valence-corrected chi connectivity index (χ4v) is 1.60. The number of halogens is 1. The highest BCUT2D eigenvalue weighted by atomic mass is 35.5. The third kappa shape index (κ3) is 2.35. The predicted octanol–water partition coefficient (Wildman–Crippen LogP) is 1.85. The maximum Gasteiger partial charge on any atom is 0.132 e. The SMILES string of the molecule is OC(Cl)Cc1cccs1. The van der Waals surface area contributed by atoms with E-state index in [4.69, 9.17) is 16.7 Å². The van der Waals surface area contributed by atoms with Gasteiger partial charge in [0.2, 0.25) is 0 Å². The first kappa shape index (κ1) is 7.06. The minimum Gasteiger partial charge on any atom is -0.377 e. The summed E-state index contributed by atoms with van der Waals surface area (Å²) in [4.78, 5) is 1.12. The number of aliphatic hydroxyl groups excluding tert-OH is 1. The van der Waals surface area contributed by atoms with Crippen molar-refractivity contribution in [1.29, 1.82) is 0 Å². The molecule has 50 valence electrons. The lowest BCUT2D eigenvalue weighted by atomic mass is 10.4. The fourth-order valence-electron chi connectivity index (χ4n) is 0.595. The van der Waals surface area contributed by atoms with Gasteiger partial charge in [-0.2, -0.15) is 0 Å². The second kappa shape index (κ2) is 3.20. The summed E-state index contributed by atoms with van der Waals surface area (Å²) >= 11 is 6.94. The van der Waals surface area contributed by atoms with Crippen LogP contribution in [0.3, 0.4) is 0 Å². The molecule has 0 radical (unpaired) electrons. The number of thiophene rings is 1. The Hall–Kier alpha value is -0.0500. The Morgan fingerprint density at radius 2 is 2.56 bits per heavy atom. The molecular weight excluding hydrogens is 156 g/mol. The van der Waals surface area contributed by atoms with Gasteiger partial charge in [0, 0.05) is 11.3 Å². The lowest BCUT2D eigenvalue weighted by molar-refractivity contribution is 0.258. The van der Waals surface area contributed by atoms with Crippen molar-refractivity contribution >= 4 is 22.9 Å². The van der Waals surface area contributed by atoms with E-state index in [1.165, 1.54) is 0 Å². The molecule has 1 nitrogen and oxygen atoms in total. The molecule has 0 bridgehead atoms. The van der Waals surface area contributed by atoms with E-state index in [9.17, 15) is 0 Å². The molecule has 1 N–H and O–H groups in total. The Labute approximate surface area is 62.9 Å². The molecule has 1 unspecified atom stereocenters. The molecule has 0 amide bonds. The molecule has 0 aromatic carbocycles. The third-order valence-corrected chi connectivity index (χ3v) is 2.00. The van der Waals surface area contributed by atoms with Crippen molar-refractivity contribution in [3.63, 3.8) is 0 Å². The second-order valence-corrected chi connectivity index (χ2v) is 3.25. The van der Waals surface area contributed by atoms with Crippen LogP contribution < -0.4 is 0 Å². The van der Waals surface area contributed by atoms with Gasteiger partial charge in [-0.25, -0.2) is 0 Å². The van der Waals surface area contributed by atoms with Crippen molar-refractivity contribution < 1.29 is 5.11 Å². The zero-order valence-electron chi connectivity index (χ0n) is 4.75. The Morgan fingerprint density at radius 1 is 1.78 bits per heavy atom. The summed E-state index contributed by atoms with van der Waals surface area (Å²) in [5.74, 6) is 0. The van der Waals surface area contributed by atoms with Gasteiger partial charge in [0.05, 0.1) is 0 Å². The number of rotatable bonds is 2. The van der Waals surface area contributed by atoms with Crippen LogP contribution in [-0.4, -0.2) is 10.7 Å². The quantitative estimate of drug-likeness (QED) is 0.659. The molecule has 0 aliphatic heterocycles. The van der Waals surface area contributed by atoms with Crippen LogP contribution in [0.2, 0.25) is 0 Å².